The van der Waals surface area contributed by atoms with Crippen LogP contribution in [0.3, 0.4) is 0 Å². The molecule has 0 saturated carbocycles. The van der Waals surface area contributed by atoms with Crippen LogP contribution >= 0.6 is 0 Å². The number of benzene rings is 2. The van der Waals surface area contributed by atoms with Crippen LogP contribution in [-0.2, 0) is 10.0 Å². The van der Waals surface area contributed by atoms with Gasteiger partial charge in [-0.3, -0.25) is 9.89 Å². The lowest BCUT2D eigenvalue weighted by Crippen LogP contribution is -2.46. The summed E-state index contributed by atoms with van der Waals surface area (Å²) in [6.45, 7) is 4.14. The number of nitrogens with one attached hydrogen (secondary N) is 2. The molecule has 7 nitrogen and oxygen atoms in total. The number of sulfonamides is 1. The largest absolute Gasteiger partial charge is 0.349 e. The number of piperidine rings is 1. The molecule has 0 bridgehead atoms. The van der Waals surface area contributed by atoms with Crippen LogP contribution in [-0.4, -0.2) is 48.0 Å². The molecule has 4 rings (SSSR count). The molecule has 1 aliphatic heterocycles. The number of carbonyl (C=O) groups excluding carboxylic acids is 1. The Morgan fingerprint density at radius 1 is 1.10 bits per heavy atom. The van der Waals surface area contributed by atoms with E-state index in [9.17, 15) is 13.2 Å². The van der Waals surface area contributed by atoms with Crippen LogP contribution in [0.1, 0.15) is 34.6 Å². The highest BCUT2D eigenvalue weighted by Crippen LogP contribution is 2.25. The number of nitrogens with zero attached hydrogens (tertiary/aromatic N) is 2. The van der Waals surface area contributed by atoms with Gasteiger partial charge in [0, 0.05) is 24.7 Å². The first-order valence-electron chi connectivity index (χ1n) is 9.68. The van der Waals surface area contributed by atoms with Gasteiger partial charge in [0.1, 0.15) is 4.90 Å². The molecule has 1 fully saturated rings. The maximum atomic E-state index is 13.0. The number of amides is 1. The third-order valence-corrected chi connectivity index (χ3v) is 7.64. The molecule has 8 heteroatoms. The number of fused-ring (bicyclic) bond motifs is 1. The van der Waals surface area contributed by atoms with Gasteiger partial charge < -0.3 is 5.32 Å². The van der Waals surface area contributed by atoms with E-state index in [1.807, 2.05) is 42.5 Å². The molecule has 0 unspecified atom stereocenters. The van der Waals surface area contributed by atoms with Crippen molar-refractivity contribution in [3.8, 4) is 0 Å². The van der Waals surface area contributed by atoms with Crippen molar-refractivity contribution in [2.24, 2.45) is 0 Å². The first kappa shape index (κ1) is 19.6. The molecule has 1 aromatic heterocycles. The van der Waals surface area contributed by atoms with Crippen molar-refractivity contribution in [2.75, 3.05) is 13.1 Å². The second-order valence-electron chi connectivity index (χ2n) is 7.44. The summed E-state index contributed by atoms with van der Waals surface area (Å²) in [5, 5.41) is 11.8. The zero-order chi connectivity index (χ0) is 20.6. The third-order valence-electron chi connectivity index (χ3n) is 5.48. The van der Waals surface area contributed by atoms with E-state index in [1.165, 1.54) is 4.31 Å². The fourth-order valence-corrected chi connectivity index (χ4v) is 5.78. The van der Waals surface area contributed by atoms with E-state index in [0.717, 1.165) is 10.8 Å². The van der Waals surface area contributed by atoms with Crippen molar-refractivity contribution in [1.29, 1.82) is 0 Å². The number of hydrogen-bond donors (Lipinski definition) is 2. The van der Waals surface area contributed by atoms with Crippen molar-refractivity contribution >= 4 is 26.7 Å². The van der Waals surface area contributed by atoms with E-state index >= 15 is 0 Å². The summed E-state index contributed by atoms with van der Waals surface area (Å²) in [6, 6.07) is 13.4. The number of aromatic amines is 1. The quantitative estimate of drug-likeness (QED) is 0.689. The topological polar surface area (TPSA) is 95.2 Å². The van der Waals surface area contributed by atoms with Gasteiger partial charge in [-0.1, -0.05) is 36.4 Å². The Bertz CT molecular complexity index is 1140. The van der Waals surface area contributed by atoms with Crippen LogP contribution in [0.15, 0.2) is 47.4 Å². The number of carbonyl (C=O) groups is 1. The van der Waals surface area contributed by atoms with Crippen molar-refractivity contribution in [2.45, 2.75) is 37.6 Å². The zero-order valence-corrected chi connectivity index (χ0v) is 17.3. The third kappa shape index (κ3) is 3.65. The highest BCUT2D eigenvalue weighted by molar-refractivity contribution is 7.89. The number of H-pyrrole nitrogens is 1. The molecule has 2 aromatic carbocycles. The minimum absolute atomic E-state index is 0.0561. The Balaban J connectivity index is 1.44. The van der Waals surface area contributed by atoms with E-state index in [1.54, 1.807) is 13.8 Å². The van der Waals surface area contributed by atoms with Gasteiger partial charge >= 0.3 is 0 Å². The average Bonchev–Trinajstić information content (AvgIpc) is 3.06. The summed E-state index contributed by atoms with van der Waals surface area (Å²) in [7, 11) is -3.59. The Kier molecular flexibility index (Phi) is 5.14. The molecule has 0 aliphatic carbocycles. The van der Waals surface area contributed by atoms with Gasteiger partial charge in [-0.2, -0.15) is 9.40 Å². The fraction of sp³-hybridized carbons (Fsp3) is 0.333. The van der Waals surface area contributed by atoms with Crippen LogP contribution in [0.2, 0.25) is 0 Å². The van der Waals surface area contributed by atoms with Crippen LogP contribution in [0.5, 0.6) is 0 Å². The van der Waals surface area contributed by atoms with Crippen LogP contribution in [0.25, 0.3) is 10.8 Å². The van der Waals surface area contributed by atoms with E-state index in [4.69, 9.17) is 0 Å². The summed E-state index contributed by atoms with van der Waals surface area (Å²) < 4.78 is 27.4. The predicted molar refractivity (Wildman–Crippen MR) is 111 cm³/mol. The van der Waals surface area contributed by atoms with Crippen molar-refractivity contribution in [3.63, 3.8) is 0 Å². The first-order valence-corrected chi connectivity index (χ1v) is 11.1. The van der Waals surface area contributed by atoms with Crippen LogP contribution in [0.4, 0.5) is 0 Å². The minimum atomic E-state index is -3.59. The SMILES string of the molecule is Cc1n[nH]c(C)c1S(=O)(=O)N1CCC(NC(=O)c2cccc3ccccc23)CC1. The second kappa shape index (κ2) is 7.61. The van der Waals surface area contributed by atoms with E-state index < -0.39 is 10.0 Å². The number of hydrogen-bond acceptors (Lipinski definition) is 4. The Labute approximate surface area is 170 Å². The van der Waals surface area contributed by atoms with Gasteiger partial charge in [0.05, 0.1) is 11.4 Å². The molecule has 3 aromatic rings. The van der Waals surface area contributed by atoms with Gasteiger partial charge in [0.15, 0.2) is 0 Å². The lowest BCUT2D eigenvalue weighted by atomic mass is 10.0. The van der Waals surface area contributed by atoms with Gasteiger partial charge in [0.2, 0.25) is 10.0 Å². The Morgan fingerprint density at radius 2 is 1.79 bits per heavy atom. The zero-order valence-electron chi connectivity index (χ0n) is 16.5. The highest BCUT2D eigenvalue weighted by atomic mass is 32.2. The molecule has 0 atom stereocenters. The van der Waals surface area contributed by atoms with Gasteiger partial charge in [0.25, 0.3) is 5.91 Å². The number of rotatable bonds is 4. The standard InChI is InChI=1S/C21H24N4O3S/c1-14-20(15(2)24-23-14)29(27,28)25-12-10-17(11-13-25)22-21(26)19-9-5-7-16-6-3-4-8-18(16)19/h3-9,17H,10-13H2,1-2H3,(H,22,26)(H,23,24). The Morgan fingerprint density at radius 3 is 2.48 bits per heavy atom. The van der Waals surface area contributed by atoms with Gasteiger partial charge in [-0.15, -0.1) is 0 Å². The van der Waals surface area contributed by atoms with E-state index in [-0.39, 0.29) is 16.8 Å². The van der Waals surface area contributed by atoms with Gasteiger partial charge in [-0.05, 0) is 43.5 Å². The molecular formula is C21H24N4O3S. The molecule has 152 valence electrons. The molecule has 1 amide bonds. The van der Waals surface area contributed by atoms with Gasteiger partial charge in [-0.25, -0.2) is 8.42 Å². The average molecular weight is 413 g/mol. The molecule has 1 aliphatic rings. The molecule has 0 spiro atoms. The molecule has 2 heterocycles. The van der Waals surface area contributed by atoms with Crippen molar-refractivity contribution < 1.29 is 13.2 Å². The summed E-state index contributed by atoms with van der Waals surface area (Å²) in [5.41, 5.74) is 1.67. The maximum absolute atomic E-state index is 13.0. The lowest BCUT2D eigenvalue weighted by molar-refractivity contribution is 0.0925. The Hall–Kier alpha value is -2.71. The van der Waals surface area contributed by atoms with Crippen LogP contribution in [0, 0.1) is 13.8 Å². The molecular weight excluding hydrogens is 388 g/mol. The van der Waals surface area contributed by atoms with E-state index in [0.29, 0.717) is 42.9 Å². The normalized spacial score (nSPS) is 16.2. The monoisotopic (exact) mass is 412 g/mol. The first-order chi connectivity index (χ1) is 13.9. The summed E-state index contributed by atoms with van der Waals surface area (Å²) >= 11 is 0. The highest BCUT2D eigenvalue weighted by Gasteiger charge is 2.33. The summed E-state index contributed by atoms with van der Waals surface area (Å²) in [6.07, 6.45) is 1.15. The van der Waals surface area contributed by atoms with Crippen molar-refractivity contribution in [3.05, 3.63) is 59.4 Å². The predicted octanol–water partition coefficient (Wildman–Crippen LogP) is 2.76. The molecule has 1 saturated heterocycles. The van der Waals surface area contributed by atoms with E-state index in [2.05, 4.69) is 15.5 Å². The number of aryl methyl sites for hydroxylation is 2. The molecule has 0 radical (unpaired) electrons. The number of aromatic nitrogens is 2. The fourth-order valence-electron chi connectivity index (χ4n) is 3.98. The van der Waals surface area contributed by atoms with Crippen molar-refractivity contribution in [1.82, 2.24) is 19.8 Å². The van der Waals surface area contributed by atoms with Crippen LogP contribution < -0.4 is 5.32 Å². The molecule has 29 heavy (non-hydrogen) atoms. The second-order valence-corrected chi connectivity index (χ2v) is 9.32. The summed E-state index contributed by atoms with van der Waals surface area (Å²) in [5.74, 6) is -0.121. The summed E-state index contributed by atoms with van der Waals surface area (Å²) in [4.78, 5) is 13.1. The maximum Gasteiger partial charge on any atom is 0.252 e. The minimum Gasteiger partial charge on any atom is -0.349 e. The lowest BCUT2D eigenvalue weighted by Gasteiger charge is -2.31. The smallest absolute Gasteiger partial charge is 0.252 e. The molecule has 2 N–H and O–H groups in total.